The van der Waals surface area contributed by atoms with Crippen molar-refractivity contribution in [2.45, 2.75) is 45.6 Å². The fourth-order valence-corrected chi connectivity index (χ4v) is 2.71. The number of Topliss-reactive ketones (excluding diaryl/α,β-unsaturated/α-hetero) is 1. The topological polar surface area (TPSA) is 55.4 Å². The number of carbonyl (C=O) groups is 2. The van der Waals surface area contributed by atoms with E-state index in [2.05, 4.69) is 12.2 Å². The first-order valence-corrected chi connectivity index (χ1v) is 7.59. The summed E-state index contributed by atoms with van der Waals surface area (Å²) in [7, 11) is 0. The van der Waals surface area contributed by atoms with E-state index < -0.39 is 0 Å². The van der Waals surface area contributed by atoms with Gasteiger partial charge in [0.2, 0.25) is 0 Å². The number of carbonyl (C=O) groups excluding carboxylic acids is 2. The lowest BCUT2D eigenvalue weighted by Crippen LogP contribution is -2.43. The van der Waals surface area contributed by atoms with Crippen molar-refractivity contribution >= 4 is 11.7 Å². The lowest BCUT2D eigenvalue weighted by molar-refractivity contribution is -0.124. The summed E-state index contributed by atoms with van der Waals surface area (Å²) < 4.78 is 5.46. The molecule has 1 N–H and O–H groups in total. The standard InChI is InChI=1S/C17H23NO3/c1-12-5-3-4-6-16(12)18-17(20)11-21-15-9-7-14(8-10-15)13(2)19/h7-10,12,16H,3-6,11H2,1-2H3,(H,18,20)/t12-,16+/m1/s1. The summed E-state index contributed by atoms with van der Waals surface area (Å²) in [4.78, 5) is 23.1. The fraction of sp³-hybridized carbons (Fsp3) is 0.529. The lowest BCUT2D eigenvalue weighted by Gasteiger charge is -2.29. The maximum absolute atomic E-state index is 11.9. The predicted molar refractivity (Wildman–Crippen MR) is 81.5 cm³/mol. The first-order valence-electron chi connectivity index (χ1n) is 7.59. The van der Waals surface area contributed by atoms with Crippen molar-refractivity contribution in [2.75, 3.05) is 6.61 Å². The molecule has 0 aromatic heterocycles. The van der Waals surface area contributed by atoms with Crippen molar-refractivity contribution in [2.24, 2.45) is 5.92 Å². The van der Waals surface area contributed by atoms with Gasteiger partial charge in [-0.2, -0.15) is 0 Å². The van der Waals surface area contributed by atoms with Gasteiger partial charge in [-0.3, -0.25) is 9.59 Å². The maximum atomic E-state index is 11.9. The monoisotopic (exact) mass is 289 g/mol. The molecule has 1 amide bonds. The largest absolute Gasteiger partial charge is 0.484 e. The van der Waals surface area contributed by atoms with Crippen molar-refractivity contribution in [3.8, 4) is 5.75 Å². The Labute approximate surface area is 125 Å². The second kappa shape index (κ2) is 7.25. The molecule has 1 aromatic carbocycles. The smallest absolute Gasteiger partial charge is 0.258 e. The number of hydrogen-bond donors (Lipinski definition) is 1. The molecule has 1 saturated carbocycles. The highest BCUT2D eigenvalue weighted by atomic mass is 16.5. The average molecular weight is 289 g/mol. The van der Waals surface area contributed by atoms with Crippen molar-refractivity contribution in [1.29, 1.82) is 0 Å². The Morgan fingerprint density at radius 3 is 2.48 bits per heavy atom. The summed E-state index contributed by atoms with van der Waals surface area (Å²) in [5.74, 6) is 1.08. The van der Waals surface area contributed by atoms with Gasteiger partial charge in [0.25, 0.3) is 5.91 Å². The molecule has 0 spiro atoms. The Morgan fingerprint density at radius 1 is 1.19 bits per heavy atom. The van der Waals surface area contributed by atoms with Crippen molar-refractivity contribution < 1.29 is 14.3 Å². The van der Waals surface area contributed by atoms with Crippen molar-refractivity contribution in [1.82, 2.24) is 5.32 Å². The Morgan fingerprint density at radius 2 is 1.86 bits per heavy atom. The molecule has 2 rings (SSSR count). The molecule has 21 heavy (non-hydrogen) atoms. The molecule has 114 valence electrons. The van der Waals surface area contributed by atoms with Crippen molar-refractivity contribution in [3.05, 3.63) is 29.8 Å². The summed E-state index contributed by atoms with van der Waals surface area (Å²) in [5, 5.41) is 3.05. The third-order valence-corrected chi connectivity index (χ3v) is 4.09. The molecule has 0 unspecified atom stereocenters. The molecule has 0 saturated heterocycles. The SMILES string of the molecule is CC(=O)c1ccc(OCC(=O)N[C@H]2CCCC[C@H]2C)cc1. The highest BCUT2D eigenvalue weighted by Crippen LogP contribution is 2.23. The van der Waals surface area contributed by atoms with E-state index in [1.807, 2.05) is 0 Å². The molecule has 4 nitrogen and oxygen atoms in total. The van der Waals surface area contributed by atoms with Crippen LogP contribution in [0.1, 0.15) is 49.9 Å². The predicted octanol–water partition coefficient (Wildman–Crippen LogP) is 2.96. The van der Waals surface area contributed by atoms with Gasteiger partial charge in [-0.05, 0) is 49.9 Å². The second-order valence-corrected chi connectivity index (χ2v) is 5.80. The zero-order valence-electron chi connectivity index (χ0n) is 12.7. The van der Waals surface area contributed by atoms with E-state index in [0.29, 0.717) is 17.2 Å². The van der Waals surface area contributed by atoms with Crippen LogP contribution in [-0.2, 0) is 4.79 Å². The average Bonchev–Trinajstić information content (AvgIpc) is 2.48. The van der Waals surface area contributed by atoms with E-state index in [1.54, 1.807) is 24.3 Å². The van der Waals surface area contributed by atoms with Crippen LogP contribution in [-0.4, -0.2) is 24.3 Å². The maximum Gasteiger partial charge on any atom is 0.258 e. The number of hydrogen-bond acceptors (Lipinski definition) is 3. The molecule has 2 atom stereocenters. The van der Waals surface area contributed by atoms with Gasteiger partial charge in [0, 0.05) is 11.6 Å². The third-order valence-electron chi connectivity index (χ3n) is 4.09. The van der Waals surface area contributed by atoms with Crippen LogP contribution in [0.3, 0.4) is 0 Å². The molecular formula is C17H23NO3. The lowest BCUT2D eigenvalue weighted by atomic mass is 9.86. The quantitative estimate of drug-likeness (QED) is 0.848. The van der Waals surface area contributed by atoms with E-state index in [-0.39, 0.29) is 24.3 Å². The second-order valence-electron chi connectivity index (χ2n) is 5.80. The number of rotatable bonds is 5. The third kappa shape index (κ3) is 4.59. The molecule has 0 aliphatic heterocycles. The summed E-state index contributed by atoms with van der Waals surface area (Å²) in [6.45, 7) is 3.72. The summed E-state index contributed by atoms with van der Waals surface area (Å²) in [6.07, 6.45) is 4.67. The van der Waals surface area contributed by atoms with Crippen LogP contribution < -0.4 is 10.1 Å². The fourth-order valence-electron chi connectivity index (χ4n) is 2.71. The molecule has 1 aliphatic carbocycles. The molecule has 1 aromatic rings. The van der Waals surface area contributed by atoms with Gasteiger partial charge in [0.1, 0.15) is 5.75 Å². The number of benzene rings is 1. The highest BCUT2D eigenvalue weighted by Gasteiger charge is 2.22. The highest BCUT2D eigenvalue weighted by molar-refractivity contribution is 5.94. The molecule has 0 bridgehead atoms. The Kier molecular flexibility index (Phi) is 5.37. The van der Waals surface area contributed by atoms with Crippen LogP contribution in [0, 0.1) is 5.92 Å². The minimum Gasteiger partial charge on any atom is -0.484 e. The van der Waals surface area contributed by atoms with Gasteiger partial charge < -0.3 is 10.1 Å². The molecule has 0 radical (unpaired) electrons. The van der Waals surface area contributed by atoms with Crippen LogP contribution in [0.15, 0.2) is 24.3 Å². The van der Waals surface area contributed by atoms with Crippen LogP contribution in [0.25, 0.3) is 0 Å². The van der Waals surface area contributed by atoms with E-state index in [9.17, 15) is 9.59 Å². The Hall–Kier alpha value is -1.84. The molecule has 1 fully saturated rings. The van der Waals surface area contributed by atoms with E-state index >= 15 is 0 Å². The zero-order valence-corrected chi connectivity index (χ0v) is 12.7. The van der Waals surface area contributed by atoms with Gasteiger partial charge in [-0.1, -0.05) is 19.8 Å². The molecule has 1 aliphatic rings. The number of nitrogens with one attached hydrogen (secondary N) is 1. The van der Waals surface area contributed by atoms with Crippen LogP contribution in [0.5, 0.6) is 5.75 Å². The van der Waals surface area contributed by atoms with Gasteiger partial charge in [0.05, 0.1) is 0 Å². The van der Waals surface area contributed by atoms with Gasteiger partial charge in [0.15, 0.2) is 12.4 Å². The Bertz CT molecular complexity index is 495. The minimum atomic E-state index is -0.0793. The first kappa shape index (κ1) is 15.5. The first-order chi connectivity index (χ1) is 10.1. The number of amides is 1. The number of ether oxygens (including phenoxy) is 1. The van der Waals surface area contributed by atoms with Crippen LogP contribution in [0.4, 0.5) is 0 Å². The number of ketones is 1. The molecular weight excluding hydrogens is 266 g/mol. The normalized spacial score (nSPS) is 21.6. The van der Waals surface area contributed by atoms with Crippen LogP contribution >= 0.6 is 0 Å². The minimum absolute atomic E-state index is 0.0165. The zero-order chi connectivity index (χ0) is 15.2. The molecule has 4 heteroatoms. The van der Waals surface area contributed by atoms with Gasteiger partial charge in [-0.15, -0.1) is 0 Å². The molecule has 0 heterocycles. The summed E-state index contributed by atoms with van der Waals surface area (Å²) in [6, 6.07) is 7.12. The van der Waals surface area contributed by atoms with Crippen molar-refractivity contribution in [3.63, 3.8) is 0 Å². The Balaban J connectivity index is 1.79. The van der Waals surface area contributed by atoms with E-state index in [0.717, 1.165) is 6.42 Å². The van der Waals surface area contributed by atoms with E-state index in [1.165, 1.54) is 26.2 Å². The summed E-state index contributed by atoms with van der Waals surface area (Å²) >= 11 is 0. The summed E-state index contributed by atoms with van der Waals surface area (Å²) in [5.41, 5.74) is 0.642. The van der Waals surface area contributed by atoms with Crippen LogP contribution in [0.2, 0.25) is 0 Å². The van der Waals surface area contributed by atoms with Gasteiger partial charge in [-0.25, -0.2) is 0 Å². The van der Waals surface area contributed by atoms with E-state index in [4.69, 9.17) is 4.74 Å². The van der Waals surface area contributed by atoms with Gasteiger partial charge >= 0.3 is 0 Å².